The van der Waals surface area contributed by atoms with Crippen molar-refractivity contribution in [3.8, 4) is 0 Å². The fraction of sp³-hybridized carbons (Fsp3) is 0.867. The molecule has 0 radical (unpaired) electrons. The van der Waals surface area contributed by atoms with Crippen LogP contribution in [-0.4, -0.2) is 77.6 Å². The molecule has 0 aromatic rings. The number of carbonyl (C=O) groups excluding carboxylic acids is 1. The van der Waals surface area contributed by atoms with Crippen LogP contribution in [-0.2, 0) is 4.79 Å². The number of urea groups is 1. The van der Waals surface area contributed by atoms with Gasteiger partial charge in [0.25, 0.3) is 0 Å². The van der Waals surface area contributed by atoms with E-state index in [-0.39, 0.29) is 12.5 Å². The van der Waals surface area contributed by atoms with Gasteiger partial charge in [-0.25, -0.2) is 4.79 Å². The third kappa shape index (κ3) is 4.88. The third-order valence-electron chi connectivity index (χ3n) is 4.57. The molecule has 0 aromatic heterocycles. The van der Waals surface area contributed by atoms with Crippen LogP contribution in [0, 0.1) is 5.92 Å². The highest BCUT2D eigenvalue weighted by Crippen LogP contribution is 2.18. The van der Waals surface area contributed by atoms with Crippen LogP contribution < -0.4 is 0 Å². The van der Waals surface area contributed by atoms with Gasteiger partial charge in [0, 0.05) is 45.8 Å². The summed E-state index contributed by atoms with van der Waals surface area (Å²) in [6.07, 6.45) is 3.60. The third-order valence-corrected chi connectivity index (χ3v) is 4.57. The van der Waals surface area contributed by atoms with Crippen LogP contribution >= 0.6 is 0 Å². The van der Waals surface area contributed by atoms with E-state index in [0.29, 0.717) is 19.6 Å². The Morgan fingerprint density at radius 3 is 2.33 bits per heavy atom. The zero-order valence-corrected chi connectivity index (χ0v) is 13.0. The summed E-state index contributed by atoms with van der Waals surface area (Å²) in [5.41, 5.74) is 0. The topological polar surface area (TPSA) is 64.1 Å². The maximum atomic E-state index is 12.5. The van der Waals surface area contributed by atoms with Crippen molar-refractivity contribution in [2.75, 3.05) is 45.8 Å². The van der Waals surface area contributed by atoms with Gasteiger partial charge in [-0.2, -0.15) is 0 Å². The first-order valence-corrected chi connectivity index (χ1v) is 8.04. The Hall–Kier alpha value is -1.30. The molecular formula is C15H27N3O3. The first-order valence-electron chi connectivity index (χ1n) is 8.04. The van der Waals surface area contributed by atoms with E-state index in [1.165, 1.54) is 6.42 Å². The predicted molar refractivity (Wildman–Crippen MR) is 80.2 cm³/mol. The van der Waals surface area contributed by atoms with E-state index in [2.05, 4.69) is 11.8 Å². The lowest BCUT2D eigenvalue weighted by molar-refractivity contribution is -0.137. The van der Waals surface area contributed by atoms with Gasteiger partial charge in [-0.05, 0) is 25.2 Å². The van der Waals surface area contributed by atoms with Crippen molar-refractivity contribution >= 4 is 12.0 Å². The van der Waals surface area contributed by atoms with Crippen molar-refractivity contribution in [1.29, 1.82) is 0 Å². The van der Waals surface area contributed by atoms with Crippen LogP contribution in [0.2, 0.25) is 0 Å². The van der Waals surface area contributed by atoms with Crippen molar-refractivity contribution in [2.24, 2.45) is 5.92 Å². The molecule has 0 aromatic carbocycles. The molecule has 0 spiro atoms. The molecular weight excluding hydrogens is 270 g/mol. The molecule has 6 nitrogen and oxygen atoms in total. The van der Waals surface area contributed by atoms with Gasteiger partial charge >= 0.3 is 12.0 Å². The molecule has 2 heterocycles. The van der Waals surface area contributed by atoms with Crippen LogP contribution in [0.25, 0.3) is 0 Å². The lowest BCUT2D eigenvalue weighted by Gasteiger charge is -2.37. The molecule has 2 saturated heterocycles. The van der Waals surface area contributed by atoms with E-state index < -0.39 is 5.97 Å². The standard InChI is InChI=1S/C15H27N3O3/c1-13-3-2-6-17(8-4-13)15(21)18-11-9-16(10-12-18)7-5-14(19)20/h13H,2-12H2,1H3,(H,19,20). The first kappa shape index (κ1) is 16.1. The van der Waals surface area contributed by atoms with Crippen molar-refractivity contribution in [3.05, 3.63) is 0 Å². The van der Waals surface area contributed by atoms with Crippen molar-refractivity contribution in [3.63, 3.8) is 0 Å². The maximum absolute atomic E-state index is 12.5. The van der Waals surface area contributed by atoms with Crippen LogP contribution in [0.15, 0.2) is 0 Å². The molecule has 2 aliphatic rings. The highest BCUT2D eigenvalue weighted by atomic mass is 16.4. The molecule has 21 heavy (non-hydrogen) atoms. The molecule has 2 amide bonds. The minimum absolute atomic E-state index is 0.169. The molecule has 2 aliphatic heterocycles. The van der Waals surface area contributed by atoms with Gasteiger partial charge in [-0.1, -0.05) is 6.92 Å². The van der Waals surface area contributed by atoms with Crippen molar-refractivity contribution < 1.29 is 14.7 Å². The molecule has 0 saturated carbocycles. The smallest absolute Gasteiger partial charge is 0.320 e. The van der Waals surface area contributed by atoms with Crippen molar-refractivity contribution in [1.82, 2.24) is 14.7 Å². The molecule has 1 atom stereocenters. The Kier molecular flexibility index (Phi) is 5.85. The number of hydrogen-bond acceptors (Lipinski definition) is 3. The summed E-state index contributed by atoms with van der Waals surface area (Å²) in [5, 5.41) is 8.70. The minimum Gasteiger partial charge on any atom is -0.481 e. The van der Waals surface area contributed by atoms with Gasteiger partial charge in [0.2, 0.25) is 0 Å². The summed E-state index contributed by atoms with van der Waals surface area (Å²) < 4.78 is 0. The van der Waals surface area contributed by atoms with Crippen molar-refractivity contribution in [2.45, 2.75) is 32.6 Å². The largest absolute Gasteiger partial charge is 0.481 e. The Morgan fingerprint density at radius 1 is 1.00 bits per heavy atom. The Labute approximate surface area is 126 Å². The number of likely N-dealkylation sites (tertiary alicyclic amines) is 1. The number of carboxylic acid groups (broad SMARTS) is 1. The molecule has 120 valence electrons. The number of nitrogens with zero attached hydrogens (tertiary/aromatic N) is 3. The SMILES string of the molecule is CC1CCCN(C(=O)N2CCN(CCC(=O)O)CC2)CC1. The highest BCUT2D eigenvalue weighted by Gasteiger charge is 2.26. The lowest BCUT2D eigenvalue weighted by Crippen LogP contribution is -2.53. The summed E-state index contributed by atoms with van der Waals surface area (Å²) >= 11 is 0. The first-order chi connectivity index (χ1) is 10.1. The quantitative estimate of drug-likeness (QED) is 0.853. The summed E-state index contributed by atoms with van der Waals surface area (Å²) in [7, 11) is 0. The molecule has 2 fully saturated rings. The molecule has 6 heteroatoms. The Bertz CT molecular complexity index is 367. The Balaban J connectivity index is 1.76. The second-order valence-corrected chi connectivity index (χ2v) is 6.28. The van der Waals surface area contributed by atoms with E-state index >= 15 is 0 Å². The second kappa shape index (κ2) is 7.64. The molecule has 0 bridgehead atoms. The average molecular weight is 297 g/mol. The van der Waals surface area contributed by atoms with E-state index in [0.717, 1.165) is 44.9 Å². The minimum atomic E-state index is -0.757. The van der Waals surface area contributed by atoms with E-state index in [1.54, 1.807) is 0 Å². The summed E-state index contributed by atoms with van der Waals surface area (Å²) in [5.74, 6) is -0.0390. The molecule has 1 unspecified atom stereocenters. The monoisotopic (exact) mass is 297 g/mol. The zero-order chi connectivity index (χ0) is 15.2. The van der Waals surface area contributed by atoms with E-state index in [1.807, 2.05) is 9.80 Å². The van der Waals surface area contributed by atoms with Crippen LogP contribution in [0.1, 0.15) is 32.6 Å². The molecule has 0 aliphatic carbocycles. The number of piperazine rings is 1. The second-order valence-electron chi connectivity index (χ2n) is 6.28. The summed E-state index contributed by atoms with van der Waals surface area (Å²) in [6.45, 7) is 7.58. The zero-order valence-electron chi connectivity index (χ0n) is 13.0. The number of aliphatic carboxylic acids is 1. The fourth-order valence-electron chi connectivity index (χ4n) is 3.07. The van der Waals surface area contributed by atoms with Gasteiger partial charge in [-0.3, -0.25) is 9.69 Å². The molecule has 1 N–H and O–H groups in total. The normalized spacial score (nSPS) is 24.7. The maximum Gasteiger partial charge on any atom is 0.320 e. The van der Waals surface area contributed by atoms with E-state index in [9.17, 15) is 9.59 Å². The number of hydrogen-bond donors (Lipinski definition) is 1. The fourth-order valence-corrected chi connectivity index (χ4v) is 3.07. The number of amides is 2. The van der Waals surface area contributed by atoms with E-state index in [4.69, 9.17) is 5.11 Å². The average Bonchev–Trinajstić information content (AvgIpc) is 2.69. The number of carbonyl (C=O) groups is 2. The number of carboxylic acids is 1. The van der Waals surface area contributed by atoms with Gasteiger partial charge in [0.1, 0.15) is 0 Å². The summed E-state index contributed by atoms with van der Waals surface area (Å²) in [6, 6.07) is 0.169. The van der Waals surface area contributed by atoms with Gasteiger partial charge in [-0.15, -0.1) is 0 Å². The lowest BCUT2D eigenvalue weighted by atomic mass is 10.0. The van der Waals surface area contributed by atoms with Gasteiger partial charge in [0.15, 0.2) is 0 Å². The van der Waals surface area contributed by atoms with Crippen LogP contribution in [0.4, 0.5) is 4.79 Å². The predicted octanol–water partition coefficient (Wildman–Crippen LogP) is 1.32. The molecule has 2 rings (SSSR count). The Morgan fingerprint density at radius 2 is 1.67 bits per heavy atom. The van der Waals surface area contributed by atoms with Gasteiger partial charge in [0.05, 0.1) is 6.42 Å². The summed E-state index contributed by atoms with van der Waals surface area (Å²) in [4.78, 5) is 29.2. The number of rotatable bonds is 3. The van der Waals surface area contributed by atoms with Gasteiger partial charge < -0.3 is 14.9 Å². The van der Waals surface area contributed by atoms with Crippen LogP contribution in [0.3, 0.4) is 0 Å². The van der Waals surface area contributed by atoms with Crippen LogP contribution in [0.5, 0.6) is 0 Å². The highest BCUT2D eigenvalue weighted by molar-refractivity contribution is 5.74.